The third-order valence-corrected chi connectivity index (χ3v) is 2.39. The summed E-state index contributed by atoms with van der Waals surface area (Å²) < 4.78 is 10.5. The SMILES string of the molecule is C#CCC1(C(=O)OCC)CCCCO1. The monoisotopic (exact) mass is 196 g/mol. The summed E-state index contributed by atoms with van der Waals surface area (Å²) in [6, 6.07) is 0. The Morgan fingerprint density at radius 1 is 1.64 bits per heavy atom. The second-order valence-electron chi connectivity index (χ2n) is 3.40. The molecule has 1 atom stereocenters. The first-order valence-electron chi connectivity index (χ1n) is 5.00. The van der Waals surface area contributed by atoms with Crippen molar-refractivity contribution in [1.29, 1.82) is 0 Å². The summed E-state index contributed by atoms with van der Waals surface area (Å²) in [7, 11) is 0. The first-order chi connectivity index (χ1) is 6.75. The largest absolute Gasteiger partial charge is 0.464 e. The fourth-order valence-corrected chi connectivity index (χ4v) is 1.65. The first kappa shape index (κ1) is 11.1. The zero-order chi connectivity index (χ0) is 10.4. The molecular weight excluding hydrogens is 180 g/mol. The zero-order valence-electron chi connectivity index (χ0n) is 8.54. The van der Waals surface area contributed by atoms with Crippen molar-refractivity contribution in [2.75, 3.05) is 13.2 Å². The molecule has 1 aliphatic heterocycles. The van der Waals surface area contributed by atoms with Crippen molar-refractivity contribution in [1.82, 2.24) is 0 Å². The second kappa shape index (κ2) is 5.02. The molecule has 0 amide bonds. The summed E-state index contributed by atoms with van der Waals surface area (Å²) in [6.07, 6.45) is 8.19. The molecule has 1 unspecified atom stereocenters. The van der Waals surface area contributed by atoms with Gasteiger partial charge >= 0.3 is 5.97 Å². The van der Waals surface area contributed by atoms with E-state index in [1.165, 1.54) is 0 Å². The topological polar surface area (TPSA) is 35.5 Å². The highest BCUT2D eigenvalue weighted by Gasteiger charge is 2.41. The average Bonchev–Trinajstić information content (AvgIpc) is 2.20. The van der Waals surface area contributed by atoms with E-state index in [1.54, 1.807) is 6.92 Å². The molecule has 0 saturated carbocycles. The quantitative estimate of drug-likeness (QED) is 0.507. The van der Waals surface area contributed by atoms with E-state index in [0.717, 1.165) is 12.8 Å². The maximum atomic E-state index is 11.7. The molecule has 0 N–H and O–H groups in total. The maximum absolute atomic E-state index is 11.7. The van der Waals surface area contributed by atoms with Gasteiger partial charge in [-0.15, -0.1) is 12.3 Å². The number of carbonyl (C=O) groups is 1. The molecule has 0 spiro atoms. The Bertz CT molecular complexity index is 233. The summed E-state index contributed by atoms with van der Waals surface area (Å²) in [5.41, 5.74) is -0.858. The zero-order valence-corrected chi connectivity index (χ0v) is 8.54. The van der Waals surface area contributed by atoms with Crippen LogP contribution in [0.1, 0.15) is 32.6 Å². The van der Waals surface area contributed by atoms with E-state index >= 15 is 0 Å². The van der Waals surface area contributed by atoms with Crippen LogP contribution in [0.15, 0.2) is 0 Å². The molecule has 3 nitrogen and oxygen atoms in total. The highest BCUT2D eigenvalue weighted by molar-refractivity contribution is 5.80. The molecule has 1 aliphatic rings. The predicted molar refractivity (Wildman–Crippen MR) is 52.6 cm³/mol. The van der Waals surface area contributed by atoms with Crippen molar-refractivity contribution in [3.63, 3.8) is 0 Å². The van der Waals surface area contributed by atoms with Crippen molar-refractivity contribution >= 4 is 5.97 Å². The van der Waals surface area contributed by atoms with Gasteiger partial charge in [0, 0.05) is 13.0 Å². The second-order valence-corrected chi connectivity index (χ2v) is 3.40. The number of esters is 1. The molecule has 78 valence electrons. The number of carbonyl (C=O) groups excluding carboxylic acids is 1. The van der Waals surface area contributed by atoms with Gasteiger partial charge in [0.25, 0.3) is 0 Å². The number of terminal acetylenes is 1. The van der Waals surface area contributed by atoms with Crippen LogP contribution in [0.2, 0.25) is 0 Å². The average molecular weight is 196 g/mol. The van der Waals surface area contributed by atoms with Gasteiger partial charge in [0.05, 0.1) is 6.61 Å². The molecule has 1 fully saturated rings. The van der Waals surface area contributed by atoms with E-state index in [0.29, 0.717) is 26.1 Å². The lowest BCUT2D eigenvalue weighted by molar-refractivity contribution is -0.177. The van der Waals surface area contributed by atoms with Gasteiger partial charge in [0.1, 0.15) is 0 Å². The number of hydrogen-bond acceptors (Lipinski definition) is 3. The first-order valence-corrected chi connectivity index (χ1v) is 5.00. The Hall–Kier alpha value is -1.01. The lowest BCUT2D eigenvalue weighted by Gasteiger charge is -2.33. The van der Waals surface area contributed by atoms with Gasteiger partial charge in [-0.3, -0.25) is 0 Å². The van der Waals surface area contributed by atoms with Crippen LogP contribution in [0.3, 0.4) is 0 Å². The fraction of sp³-hybridized carbons (Fsp3) is 0.727. The summed E-state index contributed by atoms with van der Waals surface area (Å²) in [6.45, 7) is 2.75. The van der Waals surface area contributed by atoms with Crippen LogP contribution >= 0.6 is 0 Å². The van der Waals surface area contributed by atoms with E-state index in [4.69, 9.17) is 15.9 Å². The Kier molecular flexibility index (Phi) is 3.97. The minimum atomic E-state index is -0.858. The minimum absolute atomic E-state index is 0.308. The molecule has 1 heterocycles. The Labute approximate surface area is 84.8 Å². The van der Waals surface area contributed by atoms with E-state index in [9.17, 15) is 4.79 Å². The van der Waals surface area contributed by atoms with Crippen molar-refractivity contribution in [2.24, 2.45) is 0 Å². The molecule has 0 aromatic carbocycles. The van der Waals surface area contributed by atoms with Gasteiger partial charge in [-0.05, 0) is 26.2 Å². The smallest absolute Gasteiger partial charge is 0.339 e. The summed E-state index contributed by atoms with van der Waals surface area (Å²) in [5.74, 6) is 2.18. The van der Waals surface area contributed by atoms with Gasteiger partial charge < -0.3 is 9.47 Å². The molecule has 1 rings (SSSR count). The lowest BCUT2D eigenvalue weighted by atomic mass is 9.91. The van der Waals surface area contributed by atoms with Crippen molar-refractivity contribution in [3.8, 4) is 12.3 Å². The molecule has 0 radical (unpaired) electrons. The van der Waals surface area contributed by atoms with Crippen LogP contribution in [0.25, 0.3) is 0 Å². The van der Waals surface area contributed by atoms with Crippen molar-refractivity contribution in [2.45, 2.75) is 38.2 Å². The molecule has 1 saturated heterocycles. The van der Waals surface area contributed by atoms with E-state index in [-0.39, 0.29) is 5.97 Å². The van der Waals surface area contributed by atoms with Gasteiger partial charge in [-0.25, -0.2) is 4.79 Å². The molecule has 0 aliphatic carbocycles. The Morgan fingerprint density at radius 3 is 2.93 bits per heavy atom. The molecule has 14 heavy (non-hydrogen) atoms. The third-order valence-electron chi connectivity index (χ3n) is 2.39. The van der Waals surface area contributed by atoms with Crippen LogP contribution in [0.5, 0.6) is 0 Å². The summed E-state index contributed by atoms with van der Waals surface area (Å²) in [4.78, 5) is 11.7. The fourth-order valence-electron chi connectivity index (χ4n) is 1.65. The van der Waals surface area contributed by atoms with Gasteiger partial charge in [-0.1, -0.05) is 0 Å². The number of hydrogen-bond donors (Lipinski definition) is 0. The van der Waals surface area contributed by atoms with Crippen LogP contribution in [-0.2, 0) is 14.3 Å². The van der Waals surface area contributed by atoms with Crippen LogP contribution in [0, 0.1) is 12.3 Å². The number of ether oxygens (including phenoxy) is 2. The molecular formula is C11H16O3. The molecule has 0 aromatic heterocycles. The lowest BCUT2D eigenvalue weighted by Crippen LogP contribution is -2.45. The minimum Gasteiger partial charge on any atom is -0.464 e. The predicted octanol–water partition coefficient (Wildman–Crippen LogP) is 1.51. The molecule has 3 heteroatoms. The maximum Gasteiger partial charge on any atom is 0.339 e. The third kappa shape index (κ3) is 2.27. The molecule has 0 bridgehead atoms. The molecule has 0 aromatic rings. The van der Waals surface area contributed by atoms with E-state index < -0.39 is 5.60 Å². The van der Waals surface area contributed by atoms with Crippen LogP contribution in [-0.4, -0.2) is 24.8 Å². The summed E-state index contributed by atoms with van der Waals surface area (Å²) in [5, 5.41) is 0. The highest BCUT2D eigenvalue weighted by Crippen LogP contribution is 2.29. The Balaban J connectivity index is 2.69. The van der Waals surface area contributed by atoms with E-state index in [2.05, 4.69) is 5.92 Å². The Morgan fingerprint density at radius 2 is 2.43 bits per heavy atom. The van der Waals surface area contributed by atoms with Crippen LogP contribution < -0.4 is 0 Å². The van der Waals surface area contributed by atoms with Crippen molar-refractivity contribution in [3.05, 3.63) is 0 Å². The van der Waals surface area contributed by atoms with Gasteiger partial charge in [0.2, 0.25) is 0 Å². The van der Waals surface area contributed by atoms with Crippen LogP contribution in [0.4, 0.5) is 0 Å². The summed E-state index contributed by atoms with van der Waals surface area (Å²) >= 11 is 0. The highest BCUT2D eigenvalue weighted by atomic mass is 16.6. The van der Waals surface area contributed by atoms with E-state index in [1.807, 2.05) is 0 Å². The number of rotatable bonds is 3. The standard InChI is InChI=1S/C11H16O3/c1-3-7-11(10(12)13-4-2)8-5-6-9-14-11/h1H,4-9H2,2H3. The normalized spacial score (nSPS) is 26.6. The van der Waals surface area contributed by atoms with Gasteiger partial charge in [-0.2, -0.15) is 0 Å². The van der Waals surface area contributed by atoms with Gasteiger partial charge in [0.15, 0.2) is 5.60 Å². The van der Waals surface area contributed by atoms with Crippen molar-refractivity contribution < 1.29 is 14.3 Å².